The molecule has 2 aliphatic rings. The van der Waals surface area contributed by atoms with Crippen molar-refractivity contribution in [3.05, 3.63) is 24.3 Å². The Morgan fingerprint density at radius 1 is 1.46 bits per heavy atom. The van der Waals surface area contributed by atoms with Crippen LogP contribution in [0.2, 0.25) is 0 Å². The van der Waals surface area contributed by atoms with Gasteiger partial charge in [-0.15, -0.1) is 12.1 Å². The number of rotatable bonds is 0. The van der Waals surface area contributed by atoms with Crippen LogP contribution in [-0.4, -0.2) is 18.9 Å². The van der Waals surface area contributed by atoms with E-state index in [1.165, 1.54) is 0 Å². The Morgan fingerprint density at radius 2 is 2.31 bits per heavy atom. The fourth-order valence-electron chi connectivity index (χ4n) is 1.31. The van der Waals surface area contributed by atoms with Crippen molar-refractivity contribution in [3.63, 3.8) is 0 Å². The number of hydrogen-bond donors (Lipinski definition) is 1. The van der Waals surface area contributed by atoms with Gasteiger partial charge in [-0.05, 0) is 0 Å². The van der Waals surface area contributed by atoms with E-state index in [9.17, 15) is 0 Å². The third-order valence-corrected chi connectivity index (χ3v) is 2.13. The molecule has 0 aliphatic carbocycles. The summed E-state index contributed by atoms with van der Waals surface area (Å²) in [5.41, 5.74) is -0.220. The van der Waals surface area contributed by atoms with Gasteiger partial charge in [-0.2, -0.15) is 12.1 Å². The van der Waals surface area contributed by atoms with Crippen LogP contribution in [0.1, 0.15) is 0 Å². The molecule has 64 valence electrons. The first-order valence-corrected chi connectivity index (χ1v) is 3.95. The first kappa shape index (κ1) is 8.98. The van der Waals surface area contributed by atoms with Crippen LogP contribution < -0.4 is 14.8 Å². The largest absolute Gasteiger partial charge is 0.525 e. The van der Waals surface area contributed by atoms with Crippen molar-refractivity contribution < 1.29 is 29.0 Å². The monoisotopic (exact) mass is 226 g/mol. The van der Waals surface area contributed by atoms with E-state index in [2.05, 4.69) is 11.4 Å². The van der Waals surface area contributed by atoms with Gasteiger partial charge in [0.15, 0.2) is 5.72 Å². The third-order valence-electron chi connectivity index (χ3n) is 2.13. The van der Waals surface area contributed by atoms with Gasteiger partial charge in [0, 0.05) is 19.5 Å². The predicted molar refractivity (Wildman–Crippen MR) is 42.1 cm³/mol. The van der Waals surface area contributed by atoms with Gasteiger partial charge in [-0.25, -0.2) is 0 Å². The molecule has 1 atom stereocenters. The zero-order valence-corrected chi connectivity index (χ0v) is 10.1. The number of hydrogen-bond acceptors (Lipinski definition) is 3. The number of fused-ring (bicyclic) bond motifs is 1. The molecule has 2 heterocycles. The maximum atomic E-state index is 5.66. The van der Waals surface area contributed by atoms with E-state index >= 15 is 0 Å². The fourth-order valence-corrected chi connectivity index (χ4v) is 1.31. The first-order chi connectivity index (χ1) is 5.88. The molecule has 3 rings (SSSR count). The number of ether oxygens (including phenoxy) is 2. The van der Waals surface area contributed by atoms with E-state index in [0.29, 0.717) is 6.61 Å². The van der Waals surface area contributed by atoms with Gasteiger partial charge in [0.2, 0.25) is 0 Å². The molecule has 1 aromatic rings. The molecule has 0 bridgehead atoms. The van der Waals surface area contributed by atoms with Crippen LogP contribution in [0.25, 0.3) is 0 Å². The molecular weight excluding hydrogens is 219 g/mol. The Bertz CT molecular complexity index is 325. The molecule has 1 fully saturated rings. The molecular formula is C9H8NO2Zn-. The Hall–Kier alpha value is -0.597. The van der Waals surface area contributed by atoms with E-state index < -0.39 is 0 Å². The molecule has 1 N–H and O–H groups in total. The summed E-state index contributed by atoms with van der Waals surface area (Å²) in [5.74, 6) is 1.60. The average Bonchev–Trinajstić information content (AvgIpc) is 2.85. The van der Waals surface area contributed by atoms with E-state index in [1.54, 1.807) is 6.07 Å². The maximum absolute atomic E-state index is 5.66. The van der Waals surface area contributed by atoms with E-state index in [-0.39, 0.29) is 25.2 Å². The van der Waals surface area contributed by atoms with E-state index in [4.69, 9.17) is 9.47 Å². The van der Waals surface area contributed by atoms with Crippen molar-refractivity contribution in [2.24, 2.45) is 0 Å². The third kappa shape index (κ3) is 1.45. The second-order valence-electron chi connectivity index (χ2n) is 3.11. The molecule has 2 aliphatic heterocycles. The first-order valence-electron chi connectivity index (χ1n) is 3.95. The zero-order valence-electron chi connectivity index (χ0n) is 7.17. The van der Waals surface area contributed by atoms with Gasteiger partial charge < -0.3 is 9.47 Å². The average molecular weight is 228 g/mol. The van der Waals surface area contributed by atoms with Crippen LogP contribution in [0.3, 0.4) is 0 Å². The summed E-state index contributed by atoms with van der Waals surface area (Å²) in [6.07, 6.45) is 0. The molecule has 0 aromatic heterocycles. The van der Waals surface area contributed by atoms with Gasteiger partial charge in [0.05, 0.1) is 18.0 Å². The molecule has 4 heteroatoms. The standard InChI is InChI=1S/C9H8NO2.Zn/c1-2-4-8-7(3-1)11-6-9(12-8)5-10-9;/h1,3-4,10H,5-6H2;/q-1;. The smallest absolute Gasteiger partial charge is 0.194 e. The van der Waals surface area contributed by atoms with Crippen molar-refractivity contribution in [2.45, 2.75) is 5.72 Å². The Morgan fingerprint density at radius 3 is 3.08 bits per heavy atom. The summed E-state index contributed by atoms with van der Waals surface area (Å²) >= 11 is 0. The Kier molecular flexibility index (Phi) is 2.05. The van der Waals surface area contributed by atoms with Gasteiger partial charge in [-0.1, -0.05) is 0 Å². The molecule has 1 unspecified atom stereocenters. The van der Waals surface area contributed by atoms with Gasteiger partial charge >= 0.3 is 0 Å². The zero-order chi connectivity index (χ0) is 8.02. The second-order valence-corrected chi connectivity index (χ2v) is 3.11. The maximum Gasteiger partial charge on any atom is 0.194 e. The van der Waals surface area contributed by atoms with E-state index in [1.807, 2.05) is 12.1 Å². The summed E-state index contributed by atoms with van der Waals surface area (Å²) in [6, 6.07) is 8.44. The predicted octanol–water partition coefficient (Wildman–Crippen LogP) is 0.555. The molecule has 1 spiro atoms. The van der Waals surface area contributed by atoms with Crippen LogP contribution >= 0.6 is 0 Å². The van der Waals surface area contributed by atoms with Gasteiger partial charge in [-0.3, -0.25) is 5.32 Å². The minimum atomic E-state index is -0.220. The molecule has 3 nitrogen and oxygen atoms in total. The SMILES string of the molecule is [Zn].[c-]1ccc2c(c1)OC1(CN1)CO2. The molecule has 0 amide bonds. The summed E-state index contributed by atoms with van der Waals surface area (Å²) in [4.78, 5) is 0. The topological polar surface area (TPSA) is 40.4 Å². The Labute approximate surface area is 89.2 Å². The summed E-state index contributed by atoms with van der Waals surface area (Å²) in [6.45, 7) is 1.48. The van der Waals surface area contributed by atoms with Crippen LogP contribution in [0.15, 0.2) is 18.2 Å². The van der Waals surface area contributed by atoms with Crippen LogP contribution in [0, 0.1) is 6.07 Å². The summed E-state index contributed by atoms with van der Waals surface area (Å²) in [5, 5.41) is 3.13. The summed E-state index contributed by atoms with van der Waals surface area (Å²) in [7, 11) is 0. The minimum absolute atomic E-state index is 0. The van der Waals surface area contributed by atoms with E-state index in [0.717, 1.165) is 18.0 Å². The quantitative estimate of drug-likeness (QED) is 0.400. The van der Waals surface area contributed by atoms with Crippen molar-refractivity contribution in [1.29, 1.82) is 0 Å². The van der Waals surface area contributed by atoms with Crippen LogP contribution in [-0.2, 0) is 19.5 Å². The van der Waals surface area contributed by atoms with Crippen molar-refractivity contribution >= 4 is 0 Å². The second kappa shape index (κ2) is 2.96. The van der Waals surface area contributed by atoms with Gasteiger partial charge in [0.1, 0.15) is 6.61 Å². The minimum Gasteiger partial charge on any atom is -0.525 e. The molecule has 1 saturated heterocycles. The number of benzene rings is 1. The van der Waals surface area contributed by atoms with Gasteiger partial charge in [0.25, 0.3) is 0 Å². The Balaban J connectivity index is 0.000000653. The fraction of sp³-hybridized carbons (Fsp3) is 0.333. The molecule has 1 aromatic carbocycles. The van der Waals surface area contributed by atoms with Crippen molar-refractivity contribution in [2.75, 3.05) is 13.2 Å². The van der Waals surface area contributed by atoms with Crippen molar-refractivity contribution in [3.8, 4) is 11.5 Å². The molecule has 0 radical (unpaired) electrons. The summed E-state index contributed by atoms with van der Waals surface area (Å²) < 4.78 is 11.2. The normalized spacial score (nSPS) is 28.0. The van der Waals surface area contributed by atoms with Crippen LogP contribution in [0.4, 0.5) is 0 Å². The molecule has 0 saturated carbocycles. The van der Waals surface area contributed by atoms with Crippen molar-refractivity contribution in [1.82, 2.24) is 5.32 Å². The van der Waals surface area contributed by atoms with Crippen LogP contribution in [0.5, 0.6) is 11.5 Å². The number of nitrogens with one attached hydrogen (secondary N) is 1. The molecule has 13 heavy (non-hydrogen) atoms.